The summed E-state index contributed by atoms with van der Waals surface area (Å²) in [6.07, 6.45) is 8.83. The van der Waals surface area contributed by atoms with E-state index in [0.717, 1.165) is 28.1 Å². The number of thioether (sulfide) groups is 1. The Bertz CT molecular complexity index is 1090. The summed E-state index contributed by atoms with van der Waals surface area (Å²) in [6.45, 7) is 4.58. The highest BCUT2D eigenvalue weighted by Crippen LogP contribution is 2.43. The molecule has 29 heavy (non-hydrogen) atoms. The van der Waals surface area contributed by atoms with Gasteiger partial charge in [-0.3, -0.25) is 14.8 Å². The van der Waals surface area contributed by atoms with Gasteiger partial charge >= 0.3 is 0 Å². The van der Waals surface area contributed by atoms with Gasteiger partial charge in [0.1, 0.15) is 5.37 Å². The maximum atomic E-state index is 11.7. The number of aryl methyl sites for hydroxylation is 2. The summed E-state index contributed by atoms with van der Waals surface area (Å²) in [7, 11) is 0. The third kappa shape index (κ3) is 4.12. The Hall–Kier alpha value is -3.26. The van der Waals surface area contributed by atoms with E-state index in [4.69, 9.17) is 5.73 Å². The van der Waals surface area contributed by atoms with E-state index >= 15 is 0 Å². The van der Waals surface area contributed by atoms with E-state index in [1.165, 1.54) is 11.8 Å². The molecule has 0 aliphatic carbocycles. The Morgan fingerprint density at radius 1 is 1.14 bits per heavy atom. The van der Waals surface area contributed by atoms with Crippen molar-refractivity contribution in [3.05, 3.63) is 82.8 Å². The summed E-state index contributed by atoms with van der Waals surface area (Å²) >= 11 is 1.37. The minimum Gasteiger partial charge on any atom is -0.365 e. The third-order valence-electron chi connectivity index (χ3n) is 4.54. The quantitative estimate of drug-likeness (QED) is 0.697. The molecule has 1 amide bonds. The van der Waals surface area contributed by atoms with Crippen LogP contribution in [-0.2, 0) is 11.3 Å². The Labute approximate surface area is 173 Å². The van der Waals surface area contributed by atoms with Gasteiger partial charge in [-0.2, -0.15) is 0 Å². The molecule has 0 fully saturated rings. The first-order chi connectivity index (χ1) is 14.0. The summed E-state index contributed by atoms with van der Waals surface area (Å²) < 4.78 is 0. The van der Waals surface area contributed by atoms with E-state index in [1.54, 1.807) is 30.9 Å². The molecule has 0 spiro atoms. The van der Waals surface area contributed by atoms with Crippen molar-refractivity contribution in [1.29, 1.82) is 0 Å². The fourth-order valence-electron chi connectivity index (χ4n) is 3.25. The van der Waals surface area contributed by atoms with E-state index in [9.17, 15) is 4.79 Å². The Morgan fingerprint density at radius 2 is 1.93 bits per heavy atom. The second kappa shape index (κ2) is 8.00. The summed E-state index contributed by atoms with van der Waals surface area (Å²) in [5.41, 5.74) is 10.5. The van der Waals surface area contributed by atoms with Gasteiger partial charge in [-0.1, -0.05) is 17.8 Å². The van der Waals surface area contributed by atoms with Crippen molar-refractivity contribution in [2.75, 3.05) is 0 Å². The first-order valence-corrected chi connectivity index (χ1v) is 9.99. The lowest BCUT2D eigenvalue weighted by Crippen LogP contribution is -2.19. The normalized spacial score (nSPS) is 16.0. The molecular formula is C21H20N6OS. The number of primary amides is 1. The van der Waals surface area contributed by atoms with Crippen molar-refractivity contribution < 1.29 is 4.79 Å². The number of hydrogen-bond acceptors (Lipinski definition) is 7. The van der Waals surface area contributed by atoms with Crippen molar-refractivity contribution in [3.8, 4) is 11.3 Å². The number of hydrogen-bond donors (Lipinski definition) is 1. The first-order valence-electron chi connectivity index (χ1n) is 9.11. The molecule has 8 heteroatoms. The zero-order valence-corrected chi connectivity index (χ0v) is 16.9. The van der Waals surface area contributed by atoms with Crippen LogP contribution in [0.5, 0.6) is 0 Å². The highest BCUT2D eigenvalue weighted by Gasteiger charge is 2.31. The van der Waals surface area contributed by atoms with E-state index in [-0.39, 0.29) is 5.37 Å². The average Bonchev–Trinajstić information content (AvgIpc) is 3.13. The molecule has 0 bridgehead atoms. The van der Waals surface area contributed by atoms with Gasteiger partial charge in [0.2, 0.25) is 0 Å². The van der Waals surface area contributed by atoms with Crippen molar-refractivity contribution >= 4 is 17.7 Å². The molecule has 1 unspecified atom stereocenters. The van der Waals surface area contributed by atoms with Gasteiger partial charge in [0.15, 0.2) is 5.82 Å². The molecule has 0 aromatic carbocycles. The Balaban J connectivity index is 1.61. The molecule has 1 aliphatic heterocycles. The lowest BCUT2D eigenvalue weighted by molar-refractivity contribution is -0.113. The number of nitrogens with zero attached hydrogens (tertiary/aromatic N) is 5. The van der Waals surface area contributed by atoms with Gasteiger partial charge in [0.05, 0.1) is 10.6 Å². The van der Waals surface area contributed by atoms with Crippen LogP contribution in [0.4, 0.5) is 0 Å². The number of rotatable bonds is 5. The molecule has 4 heterocycles. The van der Waals surface area contributed by atoms with Gasteiger partial charge in [-0.15, -0.1) is 0 Å². The van der Waals surface area contributed by atoms with Crippen LogP contribution in [-0.4, -0.2) is 30.7 Å². The summed E-state index contributed by atoms with van der Waals surface area (Å²) in [5.74, 6) is 0.190. The maximum absolute atomic E-state index is 11.7. The van der Waals surface area contributed by atoms with Crippen LogP contribution in [0.1, 0.15) is 28.0 Å². The van der Waals surface area contributed by atoms with Gasteiger partial charge in [-0.05, 0) is 43.2 Å². The highest BCUT2D eigenvalue weighted by atomic mass is 32.2. The topological polar surface area (TPSA) is 97.9 Å². The molecule has 7 nitrogen and oxygen atoms in total. The van der Waals surface area contributed by atoms with Crippen molar-refractivity contribution in [1.82, 2.24) is 24.8 Å². The predicted octanol–water partition coefficient (Wildman–Crippen LogP) is 3.12. The number of pyridine rings is 2. The standard InChI is InChI=1S/C21H20N6OS/c1-13-8-15(10-26-18(13)16-4-7-23-14(2)9-16)11-27-12-17(19(22)28)29-21(27)20-24-5-3-6-25-20/h3-10,12,21H,11H2,1-2H3,(H2,22,28). The van der Waals surface area contributed by atoms with Crippen LogP contribution in [0, 0.1) is 13.8 Å². The number of carbonyl (C=O) groups is 1. The molecule has 3 aromatic rings. The zero-order chi connectivity index (χ0) is 20.4. The van der Waals surface area contributed by atoms with Gasteiger partial charge < -0.3 is 10.6 Å². The molecule has 2 N–H and O–H groups in total. The average molecular weight is 404 g/mol. The van der Waals surface area contributed by atoms with Gasteiger partial charge in [0.25, 0.3) is 5.91 Å². The van der Waals surface area contributed by atoms with Crippen LogP contribution in [0.2, 0.25) is 0 Å². The van der Waals surface area contributed by atoms with E-state index in [0.29, 0.717) is 17.3 Å². The summed E-state index contributed by atoms with van der Waals surface area (Å²) in [4.78, 5) is 31.8. The first kappa shape index (κ1) is 19.1. The third-order valence-corrected chi connectivity index (χ3v) is 5.81. The van der Waals surface area contributed by atoms with Crippen LogP contribution in [0.25, 0.3) is 11.3 Å². The minimum atomic E-state index is -0.448. The SMILES string of the molecule is Cc1cc(-c2ncc(CN3C=C(C(N)=O)SC3c3ncccn3)cc2C)ccn1. The van der Waals surface area contributed by atoms with E-state index in [2.05, 4.69) is 26.0 Å². The van der Waals surface area contributed by atoms with Crippen LogP contribution < -0.4 is 5.73 Å². The number of amides is 1. The highest BCUT2D eigenvalue weighted by molar-refractivity contribution is 8.04. The van der Waals surface area contributed by atoms with E-state index < -0.39 is 5.91 Å². The molecule has 0 saturated heterocycles. The second-order valence-corrected chi connectivity index (χ2v) is 7.92. The molecule has 0 saturated carbocycles. The number of carbonyl (C=O) groups excluding carboxylic acids is 1. The number of aromatic nitrogens is 4. The second-order valence-electron chi connectivity index (χ2n) is 6.80. The fraction of sp³-hybridized carbons (Fsp3) is 0.190. The van der Waals surface area contributed by atoms with Crippen LogP contribution in [0.3, 0.4) is 0 Å². The number of nitrogens with two attached hydrogens (primary N) is 1. The van der Waals surface area contributed by atoms with Gasteiger partial charge in [-0.25, -0.2) is 9.97 Å². The minimum absolute atomic E-state index is 0.207. The monoisotopic (exact) mass is 404 g/mol. The molecule has 1 aliphatic rings. The lowest BCUT2D eigenvalue weighted by atomic mass is 10.1. The van der Waals surface area contributed by atoms with E-state index in [1.807, 2.05) is 37.1 Å². The lowest BCUT2D eigenvalue weighted by Gasteiger charge is -2.23. The molecule has 146 valence electrons. The largest absolute Gasteiger partial charge is 0.365 e. The smallest absolute Gasteiger partial charge is 0.256 e. The van der Waals surface area contributed by atoms with Crippen LogP contribution in [0.15, 0.2) is 60.2 Å². The van der Waals surface area contributed by atoms with Gasteiger partial charge in [0, 0.05) is 48.8 Å². The Kier molecular flexibility index (Phi) is 5.26. The summed E-state index contributed by atoms with van der Waals surface area (Å²) in [5, 5.41) is -0.207. The predicted molar refractivity (Wildman–Crippen MR) is 112 cm³/mol. The van der Waals surface area contributed by atoms with Crippen molar-refractivity contribution in [3.63, 3.8) is 0 Å². The molecule has 4 rings (SSSR count). The zero-order valence-electron chi connectivity index (χ0n) is 16.1. The maximum Gasteiger partial charge on any atom is 0.256 e. The molecule has 0 radical (unpaired) electrons. The van der Waals surface area contributed by atoms with Crippen LogP contribution >= 0.6 is 11.8 Å². The summed E-state index contributed by atoms with van der Waals surface area (Å²) in [6, 6.07) is 7.87. The molecule has 3 aromatic heterocycles. The van der Waals surface area contributed by atoms with Crippen molar-refractivity contribution in [2.24, 2.45) is 5.73 Å². The molecular weight excluding hydrogens is 384 g/mol. The Morgan fingerprint density at radius 3 is 2.62 bits per heavy atom. The van der Waals surface area contributed by atoms with Crippen molar-refractivity contribution in [2.45, 2.75) is 25.8 Å². The molecule has 1 atom stereocenters. The fourth-order valence-corrected chi connectivity index (χ4v) is 4.30.